The summed E-state index contributed by atoms with van der Waals surface area (Å²) in [6, 6.07) is 3.33. The number of carbonyl (C=O) groups excluding carboxylic acids is 1. The first kappa shape index (κ1) is 12.3. The van der Waals surface area contributed by atoms with Gasteiger partial charge in [0, 0.05) is 11.0 Å². The minimum absolute atomic E-state index is 0.0454. The molecule has 0 saturated carbocycles. The van der Waals surface area contributed by atoms with Crippen LogP contribution in [0.5, 0.6) is 5.75 Å². The molecule has 0 aliphatic carbocycles. The maximum absolute atomic E-state index is 11.6. The van der Waals surface area contributed by atoms with Crippen LogP contribution in [-0.2, 0) is 0 Å². The van der Waals surface area contributed by atoms with Crippen molar-refractivity contribution in [2.45, 2.75) is 13.8 Å². The summed E-state index contributed by atoms with van der Waals surface area (Å²) in [6.45, 7) is 4.44. The number of aryl methyl sites for hydroxylation is 2. The van der Waals surface area contributed by atoms with Crippen LogP contribution in [0.1, 0.15) is 21.5 Å². The fourth-order valence-electron chi connectivity index (χ4n) is 1.24. The largest absolute Gasteiger partial charge is 0.507 e. The molecule has 0 radical (unpaired) electrons. The molecule has 0 spiro atoms. The highest BCUT2D eigenvalue weighted by Gasteiger charge is 2.11. The molecule has 0 atom stereocenters. The van der Waals surface area contributed by atoms with Gasteiger partial charge < -0.3 is 10.4 Å². The van der Waals surface area contributed by atoms with Gasteiger partial charge in [-0.05, 0) is 37.1 Å². The number of alkyl halides is 1. The molecule has 1 aromatic carbocycles. The topological polar surface area (TPSA) is 49.3 Å². The minimum atomic E-state index is -0.215. The van der Waals surface area contributed by atoms with Crippen molar-refractivity contribution >= 4 is 28.5 Å². The van der Waals surface area contributed by atoms with Gasteiger partial charge in [-0.3, -0.25) is 4.79 Å². The molecule has 1 amide bonds. The number of nitrogens with one attached hydrogen (secondary N) is 1. The van der Waals surface area contributed by atoms with Gasteiger partial charge in [-0.25, -0.2) is 0 Å². The molecule has 0 fully saturated rings. The smallest absolute Gasteiger partial charge is 0.255 e. The Bertz CT molecular complexity index is 377. The highest BCUT2D eigenvalue weighted by atomic mass is 127. The average molecular weight is 319 g/mol. The summed E-state index contributed by atoms with van der Waals surface area (Å²) in [5.41, 5.74) is 2.34. The van der Waals surface area contributed by atoms with Gasteiger partial charge in [0.1, 0.15) is 5.75 Å². The van der Waals surface area contributed by atoms with Crippen LogP contribution in [0.25, 0.3) is 0 Å². The van der Waals surface area contributed by atoms with E-state index in [1.54, 1.807) is 12.1 Å². The van der Waals surface area contributed by atoms with Crippen LogP contribution in [0.4, 0.5) is 0 Å². The van der Waals surface area contributed by atoms with Crippen molar-refractivity contribution in [1.29, 1.82) is 0 Å². The van der Waals surface area contributed by atoms with Crippen LogP contribution in [0.2, 0.25) is 0 Å². The summed E-state index contributed by atoms with van der Waals surface area (Å²) < 4.78 is 0.856. The number of carbonyl (C=O) groups is 1. The third-order valence-corrected chi connectivity index (χ3v) is 2.78. The van der Waals surface area contributed by atoms with Crippen molar-refractivity contribution in [2.75, 3.05) is 11.0 Å². The number of rotatable bonds is 3. The Balaban J connectivity index is 2.94. The molecule has 0 saturated heterocycles. The summed E-state index contributed by atoms with van der Waals surface area (Å²) in [7, 11) is 0. The number of aromatic hydroxyl groups is 1. The van der Waals surface area contributed by atoms with Gasteiger partial charge in [-0.1, -0.05) is 22.6 Å². The highest BCUT2D eigenvalue weighted by Crippen LogP contribution is 2.21. The third kappa shape index (κ3) is 3.09. The lowest BCUT2D eigenvalue weighted by molar-refractivity contribution is 0.0953. The summed E-state index contributed by atoms with van der Waals surface area (Å²) in [5, 5.41) is 12.4. The Hall–Kier alpha value is -0.780. The van der Waals surface area contributed by atoms with E-state index in [0.717, 1.165) is 15.6 Å². The number of hydrogen-bond acceptors (Lipinski definition) is 2. The normalized spacial score (nSPS) is 10.1. The van der Waals surface area contributed by atoms with Gasteiger partial charge in [0.05, 0.1) is 5.56 Å². The maximum Gasteiger partial charge on any atom is 0.255 e. The maximum atomic E-state index is 11.6. The van der Waals surface area contributed by atoms with Crippen molar-refractivity contribution < 1.29 is 9.90 Å². The van der Waals surface area contributed by atoms with Crippen molar-refractivity contribution in [3.63, 3.8) is 0 Å². The van der Waals surface area contributed by atoms with E-state index in [4.69, 9.17) is 0 Å². The average Bonchev–Trinajstić information content (AvgIpc) is 2.20. The molecule has 3 nitrogen and oxygen atoms in total. The molecule has 15 heavy (non-hydrogen) atoms. The van der Waals surface area contributed by atoms with E-state index in [9.17, 15) is 9.90 Å². The van der Waals surface area contributed by atoms with Crippen LogP contribution in [0.3, 0.4) is 0 Å². The van der Waals surface area contributed by atoms with E-state index in [-0.39, 0.29) is 11.7 Å². The van der Waals surface area contributed by atoms with Crippen LogP contribution < -0.4 is 5.32 Å². The second-order valence-corrected chi connectivity index (χ2v) is 4.48. The van der Waals surface area contributed by atoms with Gasteiger partial charge in [0.25, 0.3) is 5.91 Å². The first-order valence-corrected chi connectivity index (χ1v) is 6.23. The van der Waals surface area contributed by atoms with Crippen molar-refractivity contribution in [1.82, 2.24) is 5.32 Å². The van der Waals surface area contributed by atoms with Crippen molar-refractivity contribution in [3.8, 4) is 5.75 Å². The first-order valence-electron chi connectivity index (χ1n) is 4.70. The van der Waals surface area contributed by atoms with Gasteiger partial charge in [0.2, 0.25) is 0 Å². The summed E-state index contributed by atoms with van der Waals surface area (Å²) in [5.74, 6) is -0.170. The Morgan fingerprint density at radius 2 is 2.00 bits per heavy atom. The van der Waals surface area contributed by atoms with Gasteiger partial charge >= 0.3 is 0 Å². The van der Waals surface area contributed by atoms with E-state index >= 15 is 0 Å². The number of hydrogen-bond donors (Lipinski definition) is 2. The van der Waals surface area contributed by atoms with Crippen molar-refractivity contribution in [3.05, 3.63) is 28.8 Å². The zero-order chi connectivity index (χ0) is 11.4. The van der Waals surface area contributed by atoms with E-state index in [1.165, 1.54) is 0 Å². The monoisotopic (exact) mass is 319 g/mol. The Kier molecular flexibility index (Phi) is 4.38. The van der Waals surface area contributed by atoms with Gasteiger partial charge in [-0.2, -0.15) is 0 Å². The molecular weight excluding hydrogens is 305 g/mol. The molecule has 0 bridgehead atoms. The van der Waals surface area contributed by atoms with Crippen LogP contribution in [0.15, 0.2) is 12.1 Å². The minimum Gasteiger partial charge on any atom is -0.507 e. The number of halogens is 1. The molecule has 0 aromatic heterocycles. The molecule has 0 aliphatic rings. The molecule has 1 rings (SSSR count). The molecule has 0 unspecified atom stereocenters. The fraction of sp³-hybridized carbons (Fsp3) is 0.364. The second-order valence-electron chi connectivity index (χ2n) is 3.40. The first-order chi connectivity index (χ1) is 7.06. The van der Waals surface area contributed by atoms with Crippen LogP contribution in [-0.4, -0.2) is 22.0 Å². The number of benzene rings is 1. The molecule has 1 aromatic rings. The zero-order valence-electron chi connectivity index (χ0n) is 8.80. The third-order valence-electron chi connectivity index (χ3n) is 2.24. The van der Waals surface area contributed by atoms with E-state index in [0.29, 0.717) is 12.1 Å². The summed E-state index contributed by atoms with van der Waals surface area (Å²) >= 11 is 2.18. The molecule has 0 aliphatic heterocycles. The van der Waals surface area contributed by atoms with E-state index in [1.807, 2.05) is 13.8 Å². The quantitative estimate of drug-likeness (QED) is 0.663. The molecule has 4 heteroatoms. The van der Waals surface area contributed by atoms with E-state index < -0.39 is 0 Å². The Labute approximate surface area is 103 Å². The predicted molar refractivity (Wildman–Crippen MR) is 68.8 cm³/mol. The van der Waals surface area contributed by atoms with Crippen LogP contribution in [0, 0.1) is 13.8 Å². The summed E-state index contributed by atoms with van der Waals surface area (Å²) in [4.78, 5) is 11.6. The summed E-state index contributed by atoms with van der Waals surface area (Å²) in [6.07, 6.45) is 0. The lowest BCUT2D eigenvalue weighted by Crippen LogP contribution is -2.25. The highest BCUT2D eigenvalue weighted by molar-refractivity contribution is 14.1. The van der Waals surface area contributed by atoms with Gasteiger partial charge in [-0.15, -0.1) is 0 Å². The van der Waals surface area contributed by atoms with Gasteiger partial charge in [0.15, 0.2) is 0 Å². The molecule has 82 valence electrons. The number of phenols is 1. The molecular formula is C11H14INO2. The Morgan fingerprint density at radius 3 is 2.60 bits per heavy atom. The lowest BCUT2D eigenvalue weighted by atomic mass is 10.0. The Morgan fingerprint density at radius 1 is 1.40 bits per heavy atom. The number of phenolic OH excluding ortho intramolecular Hbond substituents is 1. The molecule has 2 N–H and O–H groups in total. The zero-order valence-corrected chi connectivity index (χ0v) is 11.0. The second kappa shape index (κ2) is 5.34. The van der Waals surface area contributed by atoms with Crippen LogP contribution >= 0.6 is 22.6 Å². The van der Waals surface area contributed by atoms with Crippen molar-refractivity contribution in [2.24, 2.45) is 0 Å². The number of amides is 1. The van der Waals surface area contributed by atoms with E-state index in [2.05, 4.69) is 27.9 Å². The lowest BCUT2D eigenvalue weighted by Gasteiger charge is -2.08. The SMILES string of the molecule is Cc1cc(O)c(C(=O)NCCI)cc1C. The standard InChI is InChI=1S/C11H14INO2/c1-7-5-9(10(14)6-8(7)2)11(15)13-4-3-12/h5-6,14H,3-4H2,1-2H3,(H,13,15). The fourth-order valence-corrected chi connectivity index (χ4v) is 1.51. The molecule has 0 heterocycles. The predicted octanol–water partition coefficient (Wildman–Crippen LogP) is 2.17.